The summed E-state index contributed by atoms with van der Waals surface area (Å²) in [4.78, 5) is 20.4. The Morgan fingerprint density at radius 3 is 1.48 bits per heavy atom. The number of para-hydroxylation sites is 2. The molecule has 5 heteroatoms. The summed E-state index contributed by atoms with van der Waals surface area (Å²) in [5.74, 6) is 2.83. The number of rotatable bonds is 6. The Kier molecular flexibility index (Phi) is 8.10. The molecule has 0 bridgehead atoms. The largest absolute Gasteiger partial charge is 0.291 e. The van der Waals surface area contributed by atoms with Gasteiger partial charge in [0, 0.05) is 33.4 Å². The highest BCUT2D eigenvalue weighted by molar-refractivity contribution is 6.04. The monoisotopic (exact) mass is 777 g/mol. The molecule has 284 valence electrons. The summed E-state index contributed by atoms with van der Waals surface area (Å²) < 4.78 is 2.36. The second-order valence-electron chi connectivity index (χ2n) is 15.5. The molecular formula is C56H35N5. The third-order valence-electron chi connectivity index (χ3n) is 11.8. The highest BCUT2D eigenvalue weighted by Crippen LogP contribution is 2.45. The van der Waals surface area contributed by atoms with Crippen LogP contribution in [0.4, 0.5) is 0 Å². The molecule has 0 atom stereocenters. The van der Waals surface area contributed by atoms with E-state index in [1.807, 2.05) is 30.3 Å². The number of benzene rings is 9. The molecular weight excluding hydrogens is 743 g/mol. The molecule has 12 rings (SSSR count). The van der Waals surface area contributed by atoms with Crippen molar-refractivity contribution in [3.63, 3.8) is 0 Å². The average Bonchev–Trinajstić information content (AvgIpc) is 3.68. The van der Waals surface area contributed by atoms with Crippen LogP contribution in [0.3, 0.4) is 0 Å². The van der Waals surface area contributed by atoms with Crippen molar-refractivity contribution in [1.29, 1.82) is 0 Å². The molecule has 3 heterocycles. The zero-order valence-electron chi connectivity index (χ0n) is 32.9. The topological polar surface area (TPSA) is 56.5 Å². The molecule has 0 amide bonds. The first-order valence-electron chi connectivity index (χ1n) is 20.5. The number of nitrogens with zero attached hydrogens (tertiary/aromatic N) is 5. The molecule has 11 aromatic rings. The van der Waals surface area contributed by atoms with Gasteiger partial charge in [0.2, 0.25) is 0 Å². The lowest BCUT2D eigenvalue weighted by atomic mass is 9.94. The normalized spacial score (nSPS) is 11.6. The lowest BCUT2D eigenvalue weighted by Gasteiger charge is -2.14. The first-order chi connectivity index (χ1) is 30.2. The van der Waals surface area contributed by atoms with Crippen LogP contribution in [0.5, 0.6) is 0 Å². The molecule has 2 aromatic heterocycles. The van der Waals surface area contributed by atoms with Gasteiger partial charge in [0.25, 0.3) is 0 Å². The summed E-state index contributed by atoms with van der Waals surface area (Å²) in [6, 6.07) is 74.7. The molecule has 1 aliphatic heterocycles. The SMILES string of the molecule is c1ccc(-c2nc(-c3cccc(-c4cccc(-c5cccc(-c6nc7cccc8c7n6-c6ccccc6-c6ccccc6-8)c5)c4)c3)nc(-c3ccc4ccccc4c3)n2)cc1. The highest BCUT2D eigenvalue weighted by atomic mass is 15.1. The molecule has 0 unspecified atom stereocenters. The number of imidazole rings is 1. The van der Waals surface area contributed by atoms with Crippen molar-refractivity contribution in [2.24, 2.45) is 0 Å². The zero-order valence-corrected chi connectivity index (χ0v) is 32.9. The van der Waals surface area contributed by atoms with Crippen LogP contribution in [0.15, 0.2) is 212 Å². The molecule has 0 saturated heterocycles. The van der Waals surface area contributed by atoms with E-state index in [0.717, 1.165) is 72.4 Å². The van der Waals surface area contributed by atoms with Crippen molar-refractivity contribution >= 4 is 21.8 Å². The Morgan fingerprint density at radius 2 is 0.754 bits per heavy atom. The quantitative estimate of drug-likeness (QED) is 0.169. The van der Waals surface area contributed by atoms with Crippen LogP contribution in [-0.2, 0) is 0 Å². The van der Waals surface area contributed by atoms with Gasteiger partial charge in [-0.1, -0.05) is 176 Å². The van der Waals surface area contributed by atoms with E-state index in [-0.39, 0.29) is 0 Å². The standard InChI is InChI=1S/C56H35N5/c1-2-15-37(16-3-1)53-58-54(60-55(59-53)44-31-30-36-14-4-5-17-38(36)33-44)43-22-11-20-41(34-43)39-18-10-19-40(32-39)42-21-12-23-45(35-42)56-57-50-28-13-27-49-47-25-7-6-24-46(47)48-26-8-9-29-51(48)61(56)52(49)50/h1-35H. The maximum atomic E-state index is 5.32. The van der Waals surface area contributed by atoms with Crippen LogP contribution in [0.2, 0.25) is 0 Å². The summed E-state index contributed by atoms with van der Waals surface area (Å²) in [5.41, 5.74) is 16.3. The second kappa shape index (κ2) is 14.2. The van der Waals surface area contributed by atoms with E-state index in [1.165, 1.54) is 27.6 Å². The molecule has 0 saturated carbocycles. The maximum Gasteiger partial charge on any atom is 0.164 e. The van der Waals surface area contributed by atoms with E-state index in [0.29, 0.717) is 17.5 Å². The predicted octanol–water partition coefficient (Wildman–Crippen LogP) is 14.0. The van der Waals surface area contributed by atoms with Crippen molar-refractivity contribution in [1.82, 2.24) is 24.5 Å². The number of hydrogen-bond acceptors (Lipinski definition) is 4. The summed E-state index contributed by atoms with van der Waals surface area (Å²) in [5, 5.41) is 2.32. The van der Waals surface area contributed by atoms with E-state index < -0.39 is 0 Å². The lowest BCUT2D eigenvalue weighted by Crippen LogP contribution is -2.00. The molecule has 0 fully saturated rings. The highest BCUT2D eigenvalue weighted by Gasteiger charge is 2.25. The van der Waals surface area contributed by atoms with Crippen molar-refractivity contribution in [2.75, 3.05) is 0 Å². The minimum atomic E-state index is 0.627. The van der Waals surface area contributed by atoms with Gasteiger partial charge < -0.3 is 0 Å². The van der Waals surface area contributed by atoms with Crippen LogP contribution in [0.25, 0.3) is 118 Å². The fourth-order valence-electron chi connectivity index (χ4n) is 8.85. The van der Waals surface area contributed by atoms with Gasteiger partial charge in [-0.3, -0.25) is 4.57 Å². The number of hydrogen-bond donors (Lipinski definition) is 0. The van der Waals surface area contributed by atoms with Gasteiger partial charge >= 0.3 is 0 Å². The van der Waals surface area contributed by atoms with Gasteiger partial charge in [0.15, 0.2) is 17.5 Å². The Balaban J connectivity index is 0.936. The first-order valence-corrected chi connectivity index (χ1v) is 20.5. The van der Waals surface area contributed by atoms with Crippen LogP contribution < -0.4 is 0 Å². The van der Waals surface area contributed by atoms with E-state index in [1.54, 1.807) is 0 Å². The summed E-state index contributed by atoms with van der Waals surface area (Å²) in [6.07, 6.45) is 0. The Hall–Kier alpha value is -8.28. The van der Waals surface area contributed by atoms with Crippen molar-refractivity contribution < 1.29 is 0 Å². The molecule has 61 heavy (non-hydrogen) atoms. The van der Waals surface area contributed by atoms with Gasteiger partial charge in [0.1, 0.15) is 5.82 Å². The third kappa shape index (κ3) is 6.02. The Bertz CT molecular complexity index is 3490. The van der Waals surface area contributed by atoms with Gasteiger partial charge in [-0.2, -0.15) is 0 Å². The van der Waals surface area contributed by atoms with Crippen LogP contribution in [0.1, 0.15) is 0 Å². The smallest absolute Gasteiger partial charge is 0.164 e. The molecule has 0 N–H and O–H groups in total. The van der Waals surface area contributed by atoms with Crippen LogP contribution in [0, 0.1) is 0 Å². The summed E-state index contributed by atoms with van der Waals surface area (Å²) in [6.45, 7) is 0. The summed E-state index contributed by atoms with van der Waals surface area (Å²) >= 11 is 0. The van der Waals surface area contributed by atoms with E-state index >= 15 is 0 Å². The van der Waals surface area contributed by atoms with E-state index in [4.69, 9.17) is 19.9 Å². The number of fused-ring (bicyclic) bond motifs is 6. The van der Waals surface area contributed by atoms with Gasteiger partial charge in [0.05, 0.1) is 16.7 Å². The average molecular weight is 778 g/mol. The van der Waals surface area contributed by atoms with Crippen molar-refractivity contribution in [2.45, 2.75) is 0 Å². The first kappa shape index (κ1) is 34.7. The fourth-order valence-corrected chi connectivity index (χ4v) is 8.85. The van der Waals surface area contributed by atoms with Crippen LogP contribution >= 0.6 is 0 Å². The molecule has 5 nitrogen and oxygen atoms in total. The van der Waals surface area contributed by atoms with Gasteiger partial charge in [-0.05, 0) is 80.6 Å². The van der Waals surface area contributed by atoms with Crippen LogP contribution in [-0.4, -0.2) is 24.5 Å². The molecule has 9 aromatic carbocycles. The van der Waals surface area contributed by atoms with E-state index in [9.17, 15) is 0 Å². The predicted molar refractivity (Wildman–Crippen MR) is 249 cm³/mol. The van der Waals surface area contributed by atoms with Crippen molar-refractivity contribution in [3.05, 3.63) is 212 Å². The molecule has 0 aliphatic carbocycles. The van der Waals surface area contributed by atoms with Gasteiger partial charge in [-0.15, -0.1) is 0 Å². The zero-order chi connectivity index (χ0) is 40.3. The maximum absolute atomic E-state index is 5.32. The Morgan fingerprint density at radius 1 is 0.279 bits per heavy atom. The second-order valence-corrected chi connectivity index (χ2v) is 15.5. The fraction of sp³-hybridized carbons (Fsp3) is 0. The molecule has 1 aliphatic rings. The lowest BCUT2D eigenvalue weighted by molar-refractivity contribution is 1.07. The summed E-state index contributed by atoms with van der Waals surface area (Å²) in [7, 11) is 0. The molecule has 0 spiro atoms. The minimum absolute atomic E-state index is 0.627. The molecule has 0 radical (unpaired) electrons. The third-order valence-corrected chi connectivity index (χ3v) is 11.8. The van der Waals surface area contributed by atoms with Crippen molar-refractivity contribution in [3.8, 4) is 95.7 Å². The Labute approximate surface area is 353 Å². The van der Waals surface area contributed by atoms with E-state index in [2.05, 4.69) is 187 Å². The number of aromatic nitrogens is 5. The minimum Gasteiger partial charge on any atom is -0.291 e. The van der Waals surface area contributed by atoms with Gasteiger partial charge in [-0.25, -0.2) is 19.9 Å².